The maximum absolute atomic E-state index is 12.8. The molecule has 0 aromatic carbocycles. The highest BCUT2D eigenvalue weighted by Gasteiger charge is 2.33. The van der Waals surface area contributed by atoms with Crippen molar-refractivity contribution >= 4 is 11.8 Å². The van der Waals surface area contributed by atoms with E-state index in [1.165, 1.54) is 18.9 Å². The third-order valence-electron chi connectivity index (χ3n) is 3.92. The predicted molar refractivity (Wildman–Crippen MR) is 71.3 cm³/mol. The van der Waals surface area contributed by atoms with Gasteiger partial charge in [0.15, 0.2) is 0 Å². The van der Waals surface area contributed by atoms with Crippen molar-refractivity contribution in [1.29, 1.82) is 0 Å². The van der Waals surface area contributed by atoms with E-state index in [-0.39, 0.29) is 18.1 Å². The number of carbonyl (C=O) groups excluding carboxylic acids is 1. The summed E-state index contributed by atoms with van der Waals surface area (Å²) in [7, 11) is 0. The Morgan fingerprint density at radius 1 is 1.38 bits per heavy atom. The molecule has 1 aromatic heterocycles. The molecule has 1 amide bonds. The number of fused-ring (bicyclic) bond motifs is 1. The Morgan fingerprint density at radius 2 is 2.14 bits per heavy atom. The lowest BCUT2D eigenvalue weighted by molar-refractivity contribution is -0.0128. The Morgan fingerprint density at radius 3 is 2.81 bits per heavy atom. The Kier molecular flexibility index (Phi) is 3.65. The SMILES string of the molecule is O=C1c2c(CCCC3CC3)cc(=O)oc2NCN1C(F)F. The number of carbonyl (C=O) groups is 1. The van der Waals surface area contributed by atoms with Gasteiger partial charge in [0, 0.05) is 6.07 Å². The van der Waals surface area contributed by atoms with Crippen LogP contribution in [0.3, 0.4) is 0 Å². The Labute approximate surface area is 119 Å². The quantitative estimate of drug-likeness (QED) is 0.848. The van der Waals surface area contributed by atoms with Crippen LogP contribution in [0.25, 0.3) is 0 Å². The molecular formula is C14H16F2N2O3. The topological polar surface area (TPSA) is 62.6 Å². The van der Waals surface area contributed by atoms with Gasteiger partial charge in [-0.2, -0.15) is 8.78 Å². The number of anilines is 1. The van der Waals surface area contributed by atoms with Crippen LogP contribution in [0.15, 0.2) is 15.3 Å². The van der Waals surface area contributed by atoms with Crippen LogP contribution in [-0.4, -0.2) is 24.0 Å². The predicted octanol–water partition coefficient (Wildman–Crippen LogP) is 2.42. The van der Waals surface area contributed by atoms with Crippen LogP contribution in [0.4, 0.5) is 14.7 Å². The van der Waals surface area contributed by atoms with Crippen molar-refractivity contribution in [3.63, 3.8) is 0 Å². The van der Waals surface area contributed by atoms with E-state index >= 15 is 0 Å². The fraction of sp³-hybridized carbons (Fsp3) is 0.571. The van der Waals surface area contributed by atoms with Crippen molar-refractivity contribution in [3.05, 3.63) is 27.6 Å². The number of nitrogens with zero attached hydrogens (tertiary/aromatic N) is 1. The highest BCUT2D eigenvalue weighted by atomic mass is 19.3. The number of nitrogens with one attached hydrogen (secondary N) is 1. The molecule has 7 heteroatoms. The number of rotatable bonds is 5. The molecule has 1 N–H and O–H groups in total. The molecule has 1 fully saturated rings. The van der Waals surface area contributed by atoms with Crippen molar-refractivity contribution in [1.82, 2.24) is 4.90 Å². The lowest BCUT2D eigenvalue weighted by Crippen LogP contribution is -2.44. The lowest BCUT2D eigenvalue weighted by atomic mass is 10.0. The van der Waals surface area contributed by atoms with Crippen molar-refractivity contribution < 1.29 is 18.0 Å². The molecule has 2 heterocycles. The van der Waals surface area contributed by atoms with Gasteiger partial charge in [-0.3, -0.25) is 9.69 Å². The molecule has 0 spiro atoms. The third-order valence-corrected chi connectivity index (χ3v) is 3.92. The van der Waals surface area contributed by atoms with Gasteiger partial charge in [0.2, 0.25) is 5.88 Å². The molecule has 21 heavy (non-hydrogen) atoms. The minimum absolute atomic E-state index is 0.00539. The van der Waals surface area contributed by atoms with E-state index in [9.17, 15) is 18.4 Å². The second-order valence-corrected chi connectivity index (χ2v) is 5.52. The van der Waals surface area contributed by atoms with E-state index in [4.69, 9.17) is 4.42 Å². The molecule has 3 rings (SSSR count). The molecule has 0 atom stereocenters. The number of alkyl halides is 2. The minimum atomic E-state index is -2.88. The third kappa shape index (κ3) is 2.91. The fourth-order valence-electron chi connectivity index (χ4n) is 2.62. The van der Waals surface area contributed by atoms with Gasteiger partial charge in [-0.05, 0) is 24.3 Å². The van der Waals surface area contributed by atoms with Gasteiger partial charge in [-0.1, -0.05) is 19.3 Å². The van der Waals surface area contributed by atoms with Crippen LogP contribution in [0.5, 0.6) is 0 Å². The zero-order valence-corrected chi connectivity index (χ0v) is 11.4. The molecule has 1 aliphatic heterocycles. The van der Waals surface area contributed by atoms with Crippen molar-refractivity contribution in [2.45, 2.75) is 38.7 Å². The van der Waals surface area contributed by atoms with Gasteiger partial charge in [-0.15, -0.1) is 0 Å². The van der Waals surface area contributed by atoms with E-state index in [2.05, 4.69) is 5.32 Å². The van der Waals surface area contributed by atoms with Crippen LogP contribution in [0.2, 0.25) is 0 Å². The Bertz CT molecular complexity index is 611. The van der Waals surface area contributed by atoms with E-state index in [1.54, 1.807) is 0 Å². The first-order chi connectivity index (χ1) is 10.1. The first-order valence-electron chi connectivity index (χ1n) is 7.06. The van der Waals surface area contributed by atoms with E-state index in [0.717, 1.165) is 18.8 Å². The maximum Gasteiger partial charge on any atom is 0.337 e. The summed E-state index contributed by atoms with van der Waals surface area (Å²) in [6.45, 7) is -3.25. The monoisotopic (exact) mass is 298 g/mol. The summed E-state index contributed by atoms with van der Waals surface area (Å²) in [6, 6.07) is 1.24. The van der Waals surface area contributed by atoms with Crippen LogP contribution < -0.4 is 10.9 Å². The zero-order valence-electron chi connectivity index (χ0n) is 11.4. The van der Waals surface area contributed by atoms with Crippen LogP contribution in [0, 0.1) is 5.92 Å². The molecule has 1 saturated carbocycles. The average Bonchev–Trinajstić information content (AvgIpc) is 3.22. The van der Waals surface area contributed by atoms with Gasteiger partial charge in [0.25, 0.3) is 5.91 Å². The molecule has 1 aromatic rings. The number of hydrogen-bond acceptors (Lipinski definition) is 4. The van der Waals surface area contributed by atoms with Gasteiger partial charge < -0.3 is 9.73 Å². The second kappa shape index (κ2) is 5.46. The molecule has 2 aliphatic rings. The normalized spacial score (nSPS) is 17.9. The number of hydrogen-bond donors (Lipinski definition) is 1. The van der Waals surface area contributed by atoms with E-state index < -0.39 is 18.1 Å². The summed E-state index contributed by atoms with van der Waals surface area (Å²) in [5.74, 6) is -0.0397. The average molecular weight is 298 g/mol. The first-order valence-corrected chi connectivity index (χ1v) is 7.06. The van der Waals surface area contributed by atoms with Crippen molar-refractivity contribution in [2.75, 3.05) is 12.0 Å². The largest absolute Gasteiger partial charge is 0.406 e. The Hall–Kier alpha value is -1.92. The maximum atomic E-state index is 12.8. The number of halogens is 2. The molecule has 0 unspecified atom stereocenters. The molecular weight excluding hydrogens is 282 g/mol. The standard InChI is InChI=1S/C14H16F2N2O3/c15-14(16)18-7-17-12-11(13(18)20)9(6-10(19)21-12)3-1-2-8-4-5-8/h6,8,14,17H,1-5,7H2. The van der Waals surface area contributed by atoms with Crippen molar-refractivity contribution in [2.24, 2.45) is 5.92 Å². The molecule has 0 saturated heterocycles. The number of amides is 1. The molecule has 1 aliphatic carbocycles. The highest BCUT2D eigenvalue weighted by molar-refractivity contribution is 6.01. The van der Waals surface area contributed by atoms with Crippen molar-refractivity contribution in [3.8, 4) is 0 Å². The Balaban J connectivity index is 1.86. The smallest absolute Gasteiger partial charge is 0.337 e. The van der Waals surface area contributed by atoms with Gasteiger partial charge in [0.1, 0.15) is 5.56 Å². The van der Waals surface area contributed by atoms with Crippen LogP contribution in [0.1, 0.15) is 41.6 Å². The van der Waals surface area contributed by atoms with Gasteiger partial charge in [-0.25, -0.2) is 4.79 Å². The lowest BCUT2D eigenvalue weighted by Gasteiger charge is -2.28. The second-order valence-electron chi connectivity index (χ2n) is 5.52. The molecule has 0 radical (unpaired) electrons. The highest BCUT2D eigenvalue weighted by Crippen LogP contribution is 2.34. The number of aryl methyl sites for hydroxylation is 1. The summed E-state index contributed by atoms with van der Waals surface area (Å²) < 4.78 is 30.5. The summed E-state index contributed by atoms with van der Waals surface area (Å²) >= 11 is 0. The molecule has 114 valence electrons. The molecule has 0 bridgehead atoms. The summed E-state index contributed by atoms with van der Waals surface area (Å²) in [6.07, 6.45) is 4.86. The summed E-state index contributed by atoms with van der Waals surface area (Å²) in [5, 5.41) is 2.58. The zero-order chi connectivity index (χ0) is 15.0. The van der Waals surface area contributed by atoms with E-state index in [0.29, 0.717) is 16.9 Å². The summed E-state index contributed by atoms with van der Waals surface area (Å²) in [4.78, 5) is 24.1. The minimum Gasteiger partial charge on any atom is -0.406 e. The van der Waals surface area contributed by atoms with Gasteiger partial charge >= 0.3 is 12.2 Å². The van der Waals surface area contributed by atoms with Crippen LogP contribution in [-0.2, 0) is 6.42 Å². The summed E-state index contributed by atoms with van der Waals surface area (Å²) in [5.41, 5.74) is -0.0114. The van der Waals surface area contributed by atoms with Crippen LogP contribution >= 0.6 is 0 Å². The van der Waals surface area contributed by atoms with E-state index in [1.807, 2.05) is 0 Å². The molecule has 5 nitrogen and oxygen atoms in total. The first kappa shape index (κ1) is 14.0. The van der Waals surface area contributed by atoms with Gasteiger partial charge in [0.05, 0.1) is 6.67 Å². The fourth-order valence-corrected chi connectivity index (χ4v) is 2.62.